The van der Waals surface area contributed by atoms with E-state index >= 15 is 0 Å². The Labute approximate surface area is 180 Å². The summed E-state index contributed by atoms with van der Waals surface area (Å²) in [6, 6.07) is 13.0. The maximum Gasteiger partial charge on any atom is 0.289 e. The van der Waals surface area contributed by atoms with Gasteiger partial charge >= 0.3 is 0 Å². The fourth-order valence-electron chi connectivity index (χ4n) is 4.95. The van der Waals surface area contributed by atoms with Crippen LogP contribution in [0.2, 0.25) is 0 Å². The van der Waals surface area contributed by atoms with Crippen LogP contribution in [0.25, 0.3) is 11.0 Å². The molecule has 31 heavy (non-hydrogen) atoms. The van der Waals surface area contributed by atoms with Crippen molar-refractivity contribution in [3.63, 3.8) is 0 Å². The molecule has 2 N–H and O–H groups in total. The summed E-state index contributed by atoms with van der Waals surface area (Å²) in [4.78, 5) is 22.7. The Bertz CT molecular complexity index is 1070. The second-order valence-corrected chi connectivity index (χ2v) is 8.42. The van der Waals surface area contributed by atoms with Crippen molar-refractivity contribution in [2.24, 2.45) is 0 Å². The Morgan fingerprint density at radius 2 is 2.16 bits per heavy atom. The van der Waals surface area contributed by atoms with E-state index in [9.17, 15) is 9.18 Å². The number of hydrogen-bond donors (Lipinski definition) is 2. The minimum Gasteiger partial charge on any atom is -0.378 e. The van der Waals surface area contributed by atoms with Gasteiger partial charge in [-0.05, 0) is 61.6 Å². The number of halogens is 1. The third-order valence-corrected chi connectivity index (χ3v) is 6.44. The summed E-state index contributed by atoms with van der Waals surface area (Å²) in [5.74, 6) is 0.0858. The topological polar surface area (TPSA) is 70.2 Å². The Balaban J connectivity index is 1.28. The van der Waals surface area contributed by atoms with Crippen LogP contribution in [0.4, 0.5) is 4.39 Å². The Morgan fingerprint density at radius 3 is 3.00 bits per heavy atom. The second kappa shape index (κ2) is 8.40. The van der Waals surface area contributed by atoms with Crippen LogP contribution < -0.4 is 5.32 Å². The zero-order valence-electron chi connectivity index (χ0n) is 17.6. The van der Waals surface area contributed by atoms with Gasteiger partial charge in [0.05, 0.1) is 30.3 Å². The molecule has 0 saturated carbocycles. The summed E-state index contributed by atoms with van der Waals surface area (Å²) in [6.07, 6.45) is 2.65. The largest absolute Gasteiger partial charge is 0.378 e. The van der Waals surface area contributed by atoms with E-state index in [1.165, 1.54) is 11.6 Å². The number of aryl methyl sites for hydroxylation is 1. The van der Waals surface area contributed by atoms with Gasteiger partial charge in [0.1, 0.15) is 5.82 Å². The molecule has 1 saturated heterocycles. The standard InChI is InChI=1S/C24H27FN4O2/c1-2-29(24(30)23-27-21-5-3-4-6-22(21)28-23)18-12-17(13-31-14-18)26-20-10-7-15-11-16(25)8-9-19(15)20/h3-6,8-9,11,17-18,20,26H,2,7,10,12-14H2,1H3,(H,27,28)/t17-,18?,20+/m0/s1. The van der Waals surface area contributed by atoms with Gasteiger partial charge in [0.25, 0.3) is 5.91 Å². The molecule has 1 aromatic heterocycles. The van der Waals surface area contributed by atoms with E-state index in [1.54, 1.807) is 6.07 Å². The highest BCUT2D eigenvalue weighted by Crippen LogP contribution is 2.32. The average Bonchev–Trinajstić information content (AvgIpc) is 3.38. The molecule has 2 aliphatic rings. The molecular weight excluding hydrogens is 395 g/mol. The average molecular weight is 423 g/mol. The van der Waals surface area contributed by atoms with E-state index in [4.69, 9.17) is 4.74 Å². The lowest BCUT2D eigenvalue weighted by molar-refractivity contribution is 0.000714. The molecule has 5 rings (SSSR count). The highest BCUT2D eigenvalue weighted by molar-refractivity contribution is 5.94. The van der Waals surface area contributed by atoms with Crippen LogP contribution in [0.5, 0.6) is 0 Å². The van der Waals surface area contributed by atoms with E-state index in [0.717, 1.165) is 35.9 Å². The number of carbonyl (C=O) groups excluding carboxylic acids is 1. The van der Waals surface area contributed by atoms with Crippen molar-refractivity contribution in [1.82, 2.24) is 20.2 Å². The van der Waals surface area contributed by atoms with Gasteiger partial charge in [-0.15, -0.1) is 0 Å². The molecule has 0 radical (unpaired) electrons. The zero-order chi connectivity index (χ0) is 21.4. The Hall–Kier alpha value is -2.77. The van der Waals surface area contributed by atoms with Crippen molar-refractivity contribution < 1.29 is 13.9 Å². The number of nitrogens with zero attached hydrogens (tertiary/aromatic N) is 2. The van der Waals surface area contributed by atoms with E-state index in [-0.39, 0.29) is 29.8 Å². The van der Waals surface area contributed by atoms with Gasteiger partial charge in [-0.3, -0.25) is 4.79 Å². The maximum atomic E-state index is 13.5. The van der Waals surface area contributed by atoms with Crippen LogP contribution in [0.3, 0.4) is 0 Å². The lowest BCUT2D eigenvalue weighted by Crippen LogP contribution is -2.52. The lowest BCUT2D eigenvalue weighted by Gasteiger charge is -2.37. The molecule has 2 aromatic carbocycles. The third-order valence-electron chi connectivity index (χ3n) is 6.44. The Morgan fingerprint density at radius 1 is 1.29 bits per heavy atom. The molecule has 1 amide bonds. The second-order valence-electron chi connectivity index (χ2n) is 8.42. The van der Waals surface area contributed by atoms with Gasteiger partial charge in [0, 0.05) is 18.6 Å². The number of likely N-dealkylation sites (N-methyl/N-ethyl adjacent to an activating group) is 1. The van der Waals surface area contributed by atoms with Crippen LogP contribution in [-0.4, -0.2) is 52.6 Å². The minimum atomic E-state index is -0.178. The SMILES string of the molecule is CCN(C(=O)c1nc2ccccc2[nH]1)C1COC[C@@H](N[C@@H]2CCc3cc(F)ccc32)C1. The summed E-state index contributed by atoms with van der Waals surface area (Å²) >= 11 is 0. The molecule has 3 aromatic rings. The van der Waals surface area contributed by atoms with Gasteiger partial charge in [0.2, 0.25) is 0 Å². The molecule has 3 atom stereocenters. The number of ether oxygens (including phenoxy) is 1. The summed E-state index contributed by atoms with van der Waals surface area (Å²) in [6.45, 7) is 3.70. The number of rotatable bonds is 5. The van der Waals surface area contributed by atoms with Crippen LogP contribution in [-0.2, 0) is 11.2 Å². The van der Waals surface area contributed by atoms with E-state index in [2.05, 4.69) is 15.3 Å². The minimum absolute atomic E-state index is 0.0222. The number of amides is 1. The van der Waals surface area contributed by atoms with Gasteiger partial charge in [0.15, 0.2) is 5.82 Å². The van der Waals surface area contributed by atoms with E-state index < -0.39 is 0 Å². The number of benzene rings is 2. The molecule has 162 valence electrons. The van der Waals surface area contributed by atoms with E-state index in [1.807, 2.05) is 42.2 Å². The molecule has 1 fully saturated rings. The first-order valence-corrected chi connectivity index (χ1v) is 11.0. The smallest absolute Gasteiger partial charge is 0.289 e. The number of aromatic nitrogens is 2. The Kier molecular flexibility index (Phi) is 5.46. The predicted molar refractivity (Wildman–Crippen MR) is 116 cm³/mol. The highest BCUT2D eigenvalue weighted by Gasteiger charge is 2.33. The van der Waals surface area contributed by atoms with Crippen molar-refractivity contribution in [2.75, 3.05) is 19.8 Å². The van der Waals surface area contributed by atoms with Crippen molar-refractivity contribution in [2.45, 2.75) is 44.3 Å². The lowest BCUT2D eigenvalue weighted by atomic mass is 10.0. The number of nitrogens with one attached hydrogen (secondary N) is 2. The molecule has 1 aliphatic carbocycles. The van der Waals surface area contributed by atoms with Crippen molar-refractivity contribution >= 4 is 16.9 Å². The van der Waals surface area contributed by atoms with Gasteiger partial charge in [-0.1, -0.05) is 18.2 Å². The van der Waals surface area contributed by atoms with Gasteiger partial charge in [-0.25, -0.2) is 9.37 Å². The number of fused-ring (bicyclic) bond motifs is 2. The van der Waals surface area contributed by atoms with Crippen LogP contribution >= 0.6 is 0 Å². The molecule has 1 aliphatic heterocycles. The van der Waals surface area contributed by atoms with Crippen molar-refractivity contribution in [1.29, 1.82) is 0 Å². The van der Waals surface area contributed by atoms with Gasteiger partial charge < -0.3 is 19.9 Å². The summed E-state index contributed by atoms with van der Waals surface area (Å²) < 4.78 is 19.4. The molecule has 6 nitrogen and oxygen atoms in total. The molecule has 0 spiro atoms. The number of para-hydroxylation sites is 2. The monoisotopic (exact) mass is 422 g/mol. The molecule has 7 heteroatoms. The summed E-state index contributed by atoms with van der Waals surface area (Å²) in [7, 11) is 0. The predicted octanol–water partition coefficient (Wildman–Crippen LogP) is 3.60. The fraction of sp³-hybridized carbons (Fsp3) is 0.417. The molecule has 0 bridgehead atoms. The zero-order valence-corrected chi connectivity index (χ0v) is 17.6. The fourth-order valence-corrected chi connectivity index (χ4v) is 4.95. The first-order valence-electron chi connectivity index (χ1n) is 11.0. The summed E-state index contributed by atoms with van der Waals surface area (Å²) in [5, 5.41) is 3.69. The number of H-pyrrole nitrogens is 1. The van der Waals surface area contributed by atoms with Crippen molar-refractivity contribution in [3.05, 3.63) is 65.2 Å². The number of hydrogen-bond acceptors (Lipinski definition) is 4. The highest BCUT2D eigenvalue weighted by atomic mass is 19.1. The maximum absolute atomic E-state index is 13.5. The molecule has 1 unspecified atom stereocenters. The third kappa shape index (κ3) is 3.95. The summed E-state index contributed by atoms with van der Waals surface area (Å²) in [5.41, 5.74) is 3.91. The van der Waals surface area contributed by atoms with Crippen LogP contribution in [0.15, 0.2) is 42.5 Å². The van der Waals surface area contributed by atoms with Crippen LogP contribution in [0, 0.1) is 5.82 Å². The number of aromatic amines is 1. The number of imidazole rings is 1. The first kappa shape index (κ1) is 20.2. The molecular formula is C24H27FN4O2. The number of carbonyl (C=O) groups is 1. The quantitative estimate of drug-likeness (QED) is 0.659. The normalized spacial score (nSPS) is 23.1. The van der Waals surface area contributed by atoms with Crippen LogP contribution in [0.1, 0.15) is 47.6 Å². The van der Waals surface area contributed by atoms with E-state index in [0.29, 0.717) is 25.6 Å². The first-order chi connectivity index (χ1) is 15.1. The van der Waals surface area contributed by atoms with Gasteiger partial charge in [-0.2, -0.15) is 0 Å². The molecule has 2 heterocycles. The van der Waals surface area contributed by atoms with Crippen molar-refractivity contribution in [3.8, 4) is 0 Å².